The number of ether oxygens (including phenoxy) is 2. The summed E-state index contributed by atoms with van der Waals surface area (Å²) in [7, 11) is 0. The third kappa shape index (κ3) is 10.5. The molecule has 4 N–H and O–H groups in total. The van der Waals surface area contributed by atoms with Crippen molar-refractivity contribution in [3.63, 3.8) is 0 Å². The highest BCUT2D eigenvalue weighted by atomic mass is 16.6. The van der Waals surface area contributed by atoms with E-state index >= 15 is 0 Å². The monoisotopic (exact) mass is 675 g/mol. The van der Waals surface area contributed by atoms with Crippen LogP contribution in [0.5, 0.6) is 0 Å². The van der Waals surface area contributed by atoms with Gasteiger partial charge >= 0.3 is 0 Å². The van der Waals surface area contributed by atoms with E-state index in [1.807, 2.05) is 0 Å². The average molecular weight is 675 g/mol. The van der Waals surface area contributed by atoms with Gasteiger partial charge in [-0.3, -0.25) is 0 Å². The quantitative estimate of drug-likeness (QED) is 0.181. The number of hydrogen-bond acceptors (Lipinski definition) is 8. The third-order valence-corrected chi connectivity index (χ3v) is 13.1. The van der Waals surface area contributed by atoms with Crippen LogP contribution in [0.1, 0.15) is 128 Å². The Morgan fingerprint density at radius 1 is 0.375 bits per heavy atom. The lowest BCUT2D eigenvalue weighted by Crippen LogP contribution is -2.44. The van der Waals surface area contributed by atoms with Gasteiger partial charge in [0, 0.05) is 39.3 Å². The molecule has 8 atom stereocenters. The first-order valence-electron chi connectivity index (χ1n) is 20.6. The number of nitrogens with zero attached hydrogens (tertiary/aromatic N) is 2. The fourth-order valence-corrected chi connectivity index (χ4v) is 10.3. The van der Waals surface area contributed by atoms with Gasteiger partial charge in [0.25, 0.3) is 0 Å². The lowest BCUT2D eigenvalue weighted by atomic mass is 9.86. The van der Waals surface area contributed by atoms with Gasteiger partial charge < -0.3 is 39.7 Å². The molecule has 6 aliphatic rings. The van der Waals surface area contributed by atoms with Crippen LogP contribution in [0.15, 0.2) is 12.2 Å². The fraction of sp³-hybridized carbons (Fsp3) is 0.950. The summed E-state index contributed by atoms with van der Waals surface area (Å²) in [6.45, 7) is 5.49. The fourth-order valence-electron chi connectivity index (χ4n) is 10.3. The van der Waals surface area contributed by atoms with E-state index in [0.29, 0.717) is 36.8 Å². The second kappa shape index (κ2) is 18.8. The van der Waals surface area contributed by atoms with E-state index in [4.69, 9.17) is 9.47 Å². The molecule has 4 aliphatic carbocycles. The van der Waals surface area contributed by atoms with Crippen LogP contribution >= 0.6 is 0 Å². The van der Waals surface area contributed by atoms with Gasteiger partial charge in [-0.05, 0) is 75.0 Å². The van der Waals surface area contributed by atoms with Gasteiger partial charge in [-0.2, -0.15) is 0 Å². The molecule has 8 heteroatoms. The first-order chi connectivity index (χ1) is 23.4. The molecule has 0 bridgehead atoms. The smallest absolute Gasteiger partial charge is 0.112 e. The van der Waals surface area contributed by atoms with Crippen molar-refractivity contribution in [2.24, 2.45) is 23.7 Å². The largest absolute Gasteiger partial charge is 0.388 e. The molecule has 0 amide bonds. The van der Waals surface area contributed by atoms with Crippen LogP contribution in [0, 0.1) is 23.7 Å². The summed E-state index contributed by atoms with van der Waals surface area (Å²) in [4.78, 5) is 5.08. The standard InChI is InChI=1S/C40H70N2O6/c43-37-33(47-35(39(37)45)27-41(23-29-13-5-1-6-14-29)24-30-15-7-2-8-16-30)21-22-34-38(44)40(46)36(48-34)28-42(25-31-17-9-3-10-18-31)26-32-19-11-4-12-20-32/h21-22,29-40,43-46H,1-20,23-28H2/b22-21-/t33-,34-,35-,36-,37-,38-,39-,40-/m1/s1. The highest BCUT2D eigenvalue weighted by molar-refractivity contribution is 5.09. The molecule has 2 saturated heterocycles. The molecule has 2 aliphatic heterocycles. The van der Waals surface area contributed by atoms with E-state index < -0.39 is 48.8 Å². The molecular formula is C40H70N2O6. The molecule has 6 fully saturated rings. The van der Waals surface area contributed by atoms with Gasteiger partial charge in [0.05, 0.1) is 12.2 Å². The lowest BCUT2D eigenvalue weighted by Gasteiger charge is -2.35. The summed E-state index contributed by atoms with van der Waals surface area (Å²) in [6.07, 6.45) is 23.6. The molecule has 6 rings (SSSR count). The molecule has 0 aromatic carbocycles. The topological polar surface area (TPSA) is 106 Å². The summed E-state index contributed by atoms with van der Waals surface area (Å²) in [5.41, 5.74) is 0. The zero-order valence-electron chi connectivity index (χ0n) is 30.0. The minimum atomic E-state index is -1.03. The molecule has 0 aromatic rings. The summed E-state index contributed by atoms with van der Waals surface area (Å²) >= 11 is 0. The van der Waals surface area contributed by atoms with Crippen LogP contribution in [0.2, 0.25) is 0 Å². The Morgan fingerprint density at radius 2 is 0.646 bits per heavy atom. The number of aliphatic hydroxyl groups is 4. The van der Waals surface area contributed by atoms with Crippen molar-refractivity contribution in [1.82, 2.24) is 9.80 Å². The molecule has 0 radical (unpaired) electrons. The number of aliphatic hydroxyl groups excluding tert-OH is 4. The normalized spacial score (nSPS) is 37.0. The van der Waals surface area contributed by atoms with E-state index in [2.05, 4.69) is 9.80 Å². The van der Waals surface area contributed by atoms with Crippen molar-refractivity contribution in [3.8, 4) is 0 Å². The second-order valence-electron chi connectivity index (χ2n) is 17.1. The van der Waals surface area contributed by atoms with E-state index in [1.54, 1.807) is 12.2 Å². The second-order valence-corrected chi connectivity index (χ2v) is 17.1. The molecule has 0 spiro atoms. The van der Waals surface area contributed by atoms with Crippen LogP contribution < -0.4 is 0 Å². The molecule has 0 aromatic heterocycles. The summed E-state index contributed by atoms with van der Waals surface area (Å²) in [5, 5.41) is 44.4. The first kappa shape index (κ1) is 37.2. The number of hydrogen-bond donors (Lipinski definition) is 4. The van der Waals surface area contributed by atoms with Crippen molar-refractivity contribution in [3.05, 3.63) is 12.2 Å². The average Bonchev–Trinajstić information content (AvgIpc) is 3.53. The van der Waals surface area contributed by atoms with Gasteiger partial charge in [-0.15, -0.1) is 0 Å². The van der Waals surface area contributed by atoms with Gasteiger partial charge in [0.15, 0.2) is 0 Å². The minimum Gasteiger partial charge on any atom is -0.388 e. The Balaban J connectivity index is 1.04. The van der Waals surface area contributed by atoms with Crippen molar-refractivity contribution in [2.45, 2.75) is 177 Å². The lowest BCUT2D eigenvalue weighted by molar-refractivity contribution is -0.0106. The SMILES string of the molecule is O[C@H]1[C@H](O)[C@@H](CN(CC2CCCCC2)CC2CCCCC2)O[C@@H]1/C=C\[C@H]1O[C@H](CN(CC2CCCCC2)CC2CCCCC2)[C@@H](O)[C@@H]1O. The van der Waals surface area contributed by atoms with Crippen LogP contribution in [0.25, 0.3) is 0 Å². The van der Waals surface area contributed by atoms with Crippen LogP contribution in [0.4, 0.5) is 0 Å². The van der Waals surface area contributed by atoms with E-state index in [-0.39, 0.29) is 0 Å². The van der Waals surface area contributed by atoms with Crippen LogP contribution in [-0.4, -0.2) is 118 Å². The van der Waals surface area contributed by atoms with Gasteiger partial charge in [0.2, 0.25) is 0 Å². The third-order valence-electron chi connectivity index (χ3n) is 13.1. The summed E-state index contributed by atoms with van der Waals surface area (Å²) < 4.78 is 12.7. The molecular weight excluding hydrogens is 604 g/mol. The van der Waals surface area contributed by atoms with E-state index in [9.17, 15) is 20.4 Å². The predicted octanol–water partition coefficient (Wildman–Crippen LogP) is 5.45. The van der Waals surface area contributed by atoms with Crippen LogP contribution in [0.3, 0.4) is 0 Å². The summed E-state index contributed by atoms with van der Waals surface area (Å²) in [6, 6.07) is 0. The highest BCUT2D eigenvalue weighted by Crippen LogP contribution is 2.32. The van der Waals surface area contributed by atoms with Gasteiger partial charge in [0.1, 0.15) is 36.6 Å². The zero-order valence-corrected chi connectivity index (χ0v) is 30.0. The predicted molar refractivity (Wildman–Crippen MR) is 190 cm³/mol. The Morgan fingerprint density at radius 3 is 0.917 bits per heavy atom. The molecule has 48 heavy (non-hydrogen) atoms. The Labute approximate surface area is 291 Å². The van der Waals surface area contributed by atoms with E-state index in [1.165, 1.54) is 128 Å². The highest BCUT2D eigenvalue weighted by Gasteiger charge is 2.45. The molecule has 8 nitrogen and oxygen atoms in total. The Bertz CT molecular complexity index is 830. The molecule has 2 heterocycles. The van der Waals surface area contributed by atoms with Gasteiger partial charge in [-0.25, -0.2) is 0 Å². The minimum absolute atomic E-state index is 0.456. The van der Waals surface area contributed by atoms with Crippen molar-refractivity contribution in [2.75, 3.05) is 39.3 Å². The first-order valence-corrected chi connectivity index (χ1v) is 20.6. The maximum absolute atomic E-state index is 11.1. The van der Waals surface area contributed by atoms with Crippen molar-refractivity contribution < 1.29 is 29.9 Å². The Kier molecular flexibility index (Phi) is 14.5. The van der Waals surface area contributed by atoms with Gasteiger partial charge in [-0.1, -0.05) is 89.2 Å². The van der Waals surface area contributed by atoms with Crippen molar-refractivity contribution in [1.29, 1.82) is 0 Å². The summed E-state index contributed by atoms with van der Waals surface area (Å²) in [5.74, 6) is 2.84. The van der Waals surface area contributed by atoms with Crippen LogP contribution in [-0.2, 0) is 9.47 Å². The Hall–Kier alpha value is -0.580. The molecule has 0 unspecified atom stereocenters. The number of rotatable bonds is 14. The van der Waals surface area contributed by atoms with E-state index in [0.717, 1.165) is 26.2 Å². The molecule has 4 saturated carbocycles. The van der Waals surface area contributed by atoms with Crippen molar-refractivity contribution >= 4 is 0 Å². The maximum atomic E-state index is 11.1. The molecule has 276 valence electrons. The zero-order chi connectivity index (χ0) is 33.3. The maximum Gasteiger partial charge on any atom is 0.112 e.